The van der Waals surface area contributed by atoms with Gasteiger partial charge in [0.25, 0.3) is 0 Å². The molecule has 0 aliphatic rings. The number of aryl methyl sites for hydroxylation is 1. The molecule has 1 aromatic rings. The quantitative estimate of drug-likeness (QED) is 0.637. The number of halogens is 1. The number of hydrogen-bond acceptors (Lipinski definition) is 2. The minimum atomic E-state index is 0.218. The number of pyridine rings is 1. The summed E-state index contributed by atoms with van der Waals surface area (Å²) in [6.07, 6.45) is 2.90. The topological polar surface area (TPSA) is 33.1 Å². The van der Waals surface area contributed by atoms with Crippen LogP contribution in [-0.4, -0.2) is 16.5 Å². The van der Waals surface area contributed by atoms with Crippen LogP contribution in [0, 0.1) is 6.92 Å². The molecule has 0 aromatic carbocycles. The van der Waals surface area contributed by atoms with Crippen molar-refractivity contribution in [2.45, 2.75) is 20.8 Å². The number of aromatic nitrogens is 1. The standard InChI is InChI=1S/C6H7NO.C2H6.CH3Cl/c1-5-2-3-6(8)4-7-5;2*1-2/h2-4,8H,1H3;1-2H3;1H3. The van der Waals surface area contributed by atoms with Crippen molar-refractivity contribution < 1.29 is 5.11 Å². The number of nitrogens with zero attached hydrogens (tertiary/aromatic N) is 1. The van der Waals surface area contributed by atoms with Gasteiger partial charge in [-0.3, -0.25) is 4.98 Å². The van der Waals surface area contributed by atoms with Crippen molar-refractivity contribution in [3.8, 4) is 5.75 Å². The van der Waals surface area contributed by atoms with E-state index in [1.54, 1.807) is 12.1 Å². The SMILES string of the molecule is CC.CCl.Cc1ccc(O)cn1. The Balaban J connectivity index is 0. The van der Waals surface area contributed by atoms with Crippen LogP contribution in [0.25, 0.3) is 0 Å². The maximum atomic E-state index is 8.69. The van der Waals surface area contributed by atoms with Crippen LogP contribution in [0.5, 0.6) is 5.75 Å². The molecule has 0 amide bonds. The monoisotopic (exact) mass is 189 g/mol. The molecule has 0 aliphatic carbocycles. The molecule has 0 fully saturated rings. The van der Waals surface area contributed by atoms with Crippen molar-refractivity contribution in [3.05, 3.63) is 24.0 Å². The smallest absolute Gasteiger partial charge is 0.133 e. The Morgan fingerprint density at radius 2 is 1.75 bits per heavy atom. The molecule has 0 spiro atoms. The summed E-state index contributed by atoms with van der Waals surface area (Å²) in [5.74, 6) is 0.218. The summed E-state index contributed by atoms with van der Waals surface area (Å²) >= 11 is 4.64. The summed E-state index contributed by atoms with van der Waals surface area (Å²) in [5, 5.41) is 8.69. The van der Waals surface area contributed by atoms with Crippen LogP contribution in [-0.2, 0) is 0 Å². The van der Waals surface area contributed by atoms with Gasteiger partial charge in [-0.25, -0.2) is 0 Å². The molecule has 0 aliphatic heterocycles. The lowest BCUT2D eigenvalue weighted by molar-refractivity contribution is 0.472. The van der Waals surface area contributed by atoms with Crippen molar-refractivity contribution in [1.82, 2.24) is 4.98 Å². The number of hydrogen-bond donors (Lipinski definition) is 1. The van der Waals surface area contributed by atoms with Crippen LogP contribution in [0.2, 0.25) is 0 Å². The highest BCUT2D eigenvalue weighted by molar-refractivity contribution is 6.15. The fourth-order valence-electron chi connectivity index (χ4n) is 0.460. The van der Waals surface area contributed by atoms with Gasteiger partial charge in [0.05, 0.1) is 6.20 Å². The van der Waals surface area contributed by atoms with Gasteiger partial charge in [-0.15, -0.1) is 11.6 Å². The van der Waals surface area contributed by atoms with Crippen LogP contribution in [0.1, 0.15) is 19.5 Å². The molecule has 2 nitrogen and oxygen atoms in total. The highest BCUT2D eigenvalue weighted by Gasteiger charge is 1.83. The second-order valence-corrected chi connectivity index (χ2v) is 1.66. The Labute approximate surface area is 79.2 Å². The van der Waals surface area contributed by atoms with Gasteiger partial charge in [-0.1, -0.05) is 13.8 Å². The Morgan fingerprint density at radius 1 is 1.25 bits per heavy atom. The van der Waals surface area contributed by atoms with E-state index in [-0.39, 0.29) is 5.75 Å². The largest absolute Gasteiger partial charge is 0.506 e. The van der Waals surface area contributed by atoms with E-state index in [0.29, 0.717) is 0 Å². The van der Waals surface area contributed by atoms with Crippen LogP contribution < -0.4 is 0 Å². The molecule has 0 atom stereocenters. The third-order valence-corrected chi connectivity index (χ3v) is 0.896. The van der Waals surface area contributed by atoms with E-state index < -0.39 is 0 Å². The average molecular weight is 190 g/mol. The van der Waals surface area contributed by atoms with Crippen LogP contribution in [0.15, 0.2) is 18.3 Å². The van der Waals surface area contributed by atoms with E-state index in [4.69, 9.17) is 5.11 Å². The second-order valence-electron chi connectivity index (χ2n) is 1.66. The predicted molar refractivity (Wildman–Crippen MR) is 53.8 cm³/mol. The minimum Gasteiger partial charge on any atom is -0.506 e. The molecule has 1 N–H and O–H groups in total. The molecular formula is C9H16ClNO. The van der Waals surface area contributed by atoms with Crippen LogP contribution in [0.3, 0.4) is 0 Å². The van der Waals surface area contributed by atoms with Crippen LogP contribution >= 0.6 is 11.6 Å². The molecule has 0 saturated heterocycles. The predicted octanol–water partition coefficient (Wildman–Crippen LogP) is 2.98. The molecule has 0 bridgehead atoms. The Kier molecular flexibility index (Phi) is 11.8. The van der Waals surface area contributed by atoms with Gasteiger partial charge in [0.2, 0.25) is 0 Å². The molecule has 70 valence electrons. The normalized spacial score (nSPS) is 7.08. The third-order valence-electron chi connectivity index (χ3n) is 0.896. The minimum absolute atomic E-state index is 0.218. The molecule has 12 heavy (non-hydrogen) atoms. The molecule has 1 rings (SSSR count). The fourth-order valence-corrected chi connectivity index (χ4v) is 0.460. The molecule has 0 saturated carbocycles. The lowest BCUT2D eigenvalue weighted by atomic mass is 10.4. The van der Waals surface area contributed by atoms with Crippen molar-refractivity contribution in [2.75, 3.05) is 6.38 Å². The van der Waals surface area contributed by atoms with Gasteiger partial charge < -0.3 is 5.11 Å². The lowest BCUT2D eigenvalue weighted by Crippen LogP contribution is -1.75. The number of rotatable bonds is 0. The zero-order valence-corrected chi connectivity index (χ0v) is 8.76. The van der Waals surface area contributed by atoms with Gasteiger partial charge >= 0.3 is 0 Å². The summed E-state index contributed by atoms with van der Waals surface area (Å²) in [7, 11) is 0. The van der Waals surface area contributed by atoms with E-state index in [2.05, 4.69) is 16.6 Å². The molecule has 1 aromatic heterocycles. The maximum absolute atomic E-state index is 8.69. The molecule has 1 heterocycles. The van der Waals surface area contributed by atoms with E-state index in [0.717, 1.165) is 5.69 Å². The Hall–Kier alpha value is -0.760. The van der Waals surface area contributed by atoms with E-state index in [9.17, 15) is 0 Å². The van der Waals surface area contributed by atoms with Crippen molar-refractivity contribution >= 4 is 11.6 Å². The lowest BCUT2D eigenvalue weighted by Gasteiger charge is -1.88. The van der Waals surface area contributed by atoms with Crippen LogP contribution in [0.4, 0.5) is 0 Å². The second kappa shape index (κ2) is 10.2. The summed E-state index contributed by atoms with van der Waals surface area (Å²) in [5.41, 5.74) is 0.919. The maximum Gasteiger partial charge on any atom is 0.133 e. The zero-order valence-electron chi connectivity index (χ0n) is 8.00. The van der Waals surface area contributed by atoms with Crippen molar-refractivity contribution in [3.63, 3.8) is 0 Å². The first kappa shape index (κ1) is 13.8. The number of alkyl halides is 1. The van der Waals surface area contributed by atoms with E-state index in [1.807, 2.05) is 20.8 Å². The van der Waals surface area contributed by atoms with Gasteiger partial charge in [-0.2, -0.15) is 0 Å². The first-order valence-corrected chi connectivity index (χ1v) is 4.54. The highest BCUT2D eigenvalue weighted by atomic mass is 35.5. The van der Waals surface area contributed by atoms with Gasteiger partial charge in [0.1, 0.15) is 5.75 Å². The van der Waals surface area contributed by atoms with Gasteiger partial charge in [0, 0.05) is 12.1 Å². The molecule has 0 unspecified atom stereocenters. The summed E-state index contributed by atoms with van der Waals surface area (Å²) in [6.45, 7) is 5.87. The number of aromatic hydroxyl groups is 1. The average Bonchev–Trinajstić information content (AvgIpc) is 2.17. The van der Waals surface area contributed by atoms with E-state index in [1.165, 1.54) is 12.6 Å². The molecule has 3 heteroatoms. The third kappa shape index (κ3) is 7.35. The Bertz CT molecular complexity index is 153. The first-order chi connectivity index (χ1) is 5.79. The highest BCUT2D eigenvalue weighted by Crippen LogP contribution is 2.03. The van der Waals surface area contributed by atoms with E-state index >= 15 is 0 Å². The van der Waals surface area contributed by atoms with Crippen molar-refractivity contribution in [1.29, 1.82) is 0 Å². The summed E-state index contributed by atoms with van der Waals surface area (Å²) in [6, 6.07) is 3.37. The van der Waals surface area contributed by atoms with Crippen molar-refractivity contribution in [2.24, 2.45) is 0 Å². The molecular weight excluding hydrogens is 174 g/mol. The molecule has 0 radical (unpaired) electrons. The summed E-state index contributed by atoms with van der Waals surface area (Å²) in [4.78, 5) is 3.83. The Morgan fingerprint density at radius 3 is 2.00 bits per heavy atom. The van der Waals surface area contributed by atoms with Gasteiger partial charge in [0.15, 0.2) is 0 Å². The fraction of sp³-hybridized carbons (Fsp3) is 0.444. The summed E-state index contributed by atoms with van der Waals surface area (Å²) < 4.78 is 0. The van der Waals surface area contributed by atoms with Gasteiger partial charge in [-0.05, 0) is 19.1 Å². The first-order valence-electron chi connectivity index (χ1n) is 3.78. The zero-order chi connectivity index (χ0) is 9.98.